The lowest BCUT2D eigenvalue weighted by Crippen LogP contribution is -1.99. The third kappa shape index (κ3) is 4.99. The van der Waals surface area contributed by atoms with Gasteiger partial charge in [0.05, 0.1) is 30.5 Å². The highest BCUT2D eigenvalue weighted by atomic mass is 79.9. The van der Waals surface area contributed by atoms with Crippen molar-refractivity contribution in [1.82, 2.24) is 0 Å². The summed E-state index contributed by atoms with van der Waals surface area (Å²) in [6.07, 6.45) is 2.74. The van der Waals surface area contributed by atoms with Crippen molar-refractivity contribution in [2.24, 2.45) is 4.99 Å². The molecule has 0 aliphatic heterocycles. The Kier molecular flexibility index (Phi) is 7.12. The van der Waals surface area contributed by atoms with Crippen LogP contribution in [0.25, 0.3) is 0 Å². The quantitative estimate of drug-likeness (QED) is 0.565. The molecule has 0 aliphatic rings. The summed E-state index contributed by atoms with van der Waals surface area (Å²) in [4.78, 5) is 4.49. The molecule has 5 heteroatoms. The monoisotopic (exact) mass is 391 g/mol. The van der Waals surface area contributed by atoms with Gasteiger partial charge < -0.3 is 14.2 Å². The minimum atomic E-state index is 0.647. The maximum absolute atomic E-state index is 5.73. The average Bonchev–Trinajstić information content (AvgIpc) is 2.60. The van der Waals surface area contributed by atoms with Gasteiger partial charge in [0.1, 0.15) is 5.75 Å². The second kappa shape index (κ2) is 9.33. The average molecular weight is 392 g/mol. The van der Waals surface area contributed by atoms with E-state index in [1.54, 1.807) is 13.3 Å². The number of nitrogens with zero attached hydrogens (tertiary/aromatic N) is 1. The molecule has 24 heavy (non-hydrogen) atoms. The third-order valence-corrected chi connectivity index (χ3v) is 3.80. The third-order valence-electron chi connectivity index (χ3n) is 3.21. The molecule has 0 N–H and O–H groups in total. The molecule has 2 aromatic rings. The maximum Gasteiger partial charge on any atom is 0.175 e. The number of ether oxygens (including phenoxy) is 3. The smallest absolute Gasteiger partial charge is 0.175 e. The fraction of sp³-hybridized carbons (Fsp3) is 0.316. The molecule has 4 nitrogen and oxygen atoms in total. The number of aliphatic imine (C=N–C) groups is 1. The van der Waals surface area contributed by atoms with Gasteiger partial charge in [-0.25, -0.2) is 0 Å². The summed E-state index contributed by atoms with van der Waals surface area (Å²) in [5.41, 5.74) is 1.79. The summed E-state index contributed by atoms with van der Waals surface area (Å²) in [6.45, 7) is 5.33. The van der Waals surface area contributed by atoms with Gasteiger partial charge >= 0.3 is 0 Å². The van der Waals surface area contributed by atoms with Crippen molar-refractivity contribution in [2.45, 2.75) is 20.3 Å². The lowest BCUT2D eigenvalue weighted by Gasteiger charge is -2.12. The molecule has 128 valence electrons. The van der Waals surface area contributed by atoms with Crippen LogP contribution in [0.5, 0.6) is 17.2 Å². The van der Waals surface area contributed by atoms with E-state index in [0.29, 0.717) is 19.0 Å². The summed E-state index contributed by atoms with van der Waals surface area (Å²) >= 11 is 3.54. The lowest BCUT2D eigenvalue weighted by molar-refractivity contribution is 0.292. The lowest BCUT2D eigenvalue weighted by atomic mass is 10.2. The van der Waals surface area contributed by atoms with Crippen LogP contribution in [0.4, 0.5) is 5.69 Å². The largest absolute Gasteiger partial charge is 0.494 e. The van der Waals surface area contributed by atoms with Gasteiger partial charge in [-0.3, -0.25) is 4.99 Å². The molecule has 0 unspecified atom stereocenters. The maximum atomic E-state index is 5.73. The number of methoxy groups -OCH3 is 1. The fourth-order valence-corrected chi connectivity index (χ4v) is 2.68. The molecule has 2 aromatic carbocycles. The van der Waals surface area contributed by atoms with Crippen molar-refractivity contribution in [2.75, 3.05) is 20.3 Å². The van der Waals surface area contributed by atoms with Gasteiger partial charge in [-0.05, 0) is 71.2 Å². The second-order valence-electron chi connectivity index (χ2n) is 5.07. The van der Waals surface area contributed by atoms with Gasteiger partial charge in [0.2, 0.25) is 0 Å². The van der Waals surface area contributed by atoms with Crippen LogP contribution >= 0.6 is 15.9 Å². The molecule has 0 saturated heterocycles. The summed E-state index contributed by atoms with van der Waals surface area (Å²) in [5, 5.41) is 0. The molecule has 0 aromatic heterocycles. The molecule has 0 spiro atoms. The minimum Gasteiger partial charge on any atom is -0.494 e. The van der Waals surface area contributed by atoms with Gasteiger partial charge in [0, 0.05) is 6.21 Å². The van der Waals surface area contributed by atoms with E-state index in [9.17, 15) is 0 Å². The second-order valence-corrected chi connectivity index (χ2v) is 5.92. The van der Waals surface area contributed by atoms with E-state index in [-0.39, 0.29) is 0 Å². The SMILES string of the molecule is CCCOc1c(Br)cc(C=Nc2ccc(OCC)cc2)cc1OC. The standard InChI is InChI=1S/C19H22BrNO3/c1-4-10-24-19-17(20)11-14(12-18(19)22-3)13-21-15-6-8-16(9-7-15)23-5-2/h6-9,11-13H,4-5,10H2,1-3H3. The number of halogens is 1. The molecular formula is C19H22BrNO3. The molecule has 0 bridgehead atoms. The Balaban J connectivity index is 2.18. The van der Waals surface area contributed by atoms with E-state index in [1.807, 2.05) is 43.3 Å². The topological polar surface area (TPSA) is 40.0 Å². The molecule has 0 radical (unpaired) electrons. The highest BCUT2D eigenvalue weighted by Crippen LogP contribution is 2.36. The zero-order chi connectivity index (χ0) is 17.4. The van der Waals surface area contributed by atoms with E-state index >= 15 is 0 Å². The first-order valence-electron chi connectivity index (χ1n) is 7.95. The highest BCUT2D eigenvalue weighted by Gasteiger charge is 2.10. The van der Waals surface area contributed by atoms with E-state index in [4.69, 9.17) is 14.2 Å². The van der Waals surface area contributed by atoms with Crippen molar-refractivity contribution >= 4 is 27.8 Å². The Morgan fingerprint density at radius 2 is 1.83 bits per heavy atom. The normalized spacial score (nSPS) is 10.8. The van der Waals surface area contributed by atoms with Crippen LogP contribution in [0.2, 0.25) is 0 Å². The Labute approximate surface area is 151 Å². The highest BCUT2D eigenvalue weighted by molar-refractivity contribution is 9.10. The van der Waals surface area contributed by atoms with Crippen molar-refractivity contribution in [1.29, 1.82) is 0 Å². The molecule has 0 amide bonds. The first kappa shape index (κ1) is 18.3. The van der Waals surface area contributed by atoms with Crippen LogP contribution in [0.1, 0.15) is 25.8 Å². The van der Waals surface area contributed by atoms with Crippen molar-refractivity contribution in [3.8, 4) is 17.2 Å². The van der Waals surface area contributed by atoms with Crippen LogP contribution in [0.15, 0.2) is 45.9 Å². The number of hydrogen-bond acceptors (Lipinski definition) is 4. The predicted octanol–water partition coefficient (Wildman–Crippen LogP) is 5.40. The summed E-state index contributed by atoms with van der Waals surface area (Å²) < 4.78 is 17.4. The molecule has 0 fully saturated rings. The van der Waals surface area contributed by atoms with E-state index in [1.165, 1.54) is 0 Å². The number of hydrogen-bond donors (Lipinski definition) is 0. The van der Waals surface area contributed by atoms with Gasteiger partial charge in [-0.15, -0.1) is 0 Å². The number of benzene rings is 2. The molecular weight excluding hydrogens is 370 g/mol. The Morgan fingerprint density at radius 1 is 1.08 bits per heavy atom. The van der Waals surface area contributed by atoms with Gasteiger partial charge in [0.25, 0.3) is 0 Å². The van der Waals surface area contributed by atoms with E-state index < -0.39 is 0 Å². The predicted molar refractivity (Wildman–Crippen MR) is 101 cm³/mol. The Hall–Kier alpha value is -2.01. The van der Waals surface area contributed by atoms with Crippen molar-refractivity contribution < 1.29 is 14.2 Å². The van der Waals surface area contributed by atoms with Gasteiger partial charge in [0.15, 0.2) is 11.5 Å². The van der Waals surface area contributed by atoms with Crippen LogP contribution in [-0.2, 0) is 0 Å². The molecule has 0 atom stereocenters. The van der Waals surface area contributed by atoms with Crippen LogP contribution < -0.4 is 14.2 Å². The molecule has 0 heterocycles. The van der Waals surface area contributed by atoms with Gasteiger partial charge in [-0.1, -0.05) is 6.92 Å². The van der Waals surface area contributed by atoms with Gasteiger partial charge in [-0.2, -0.15) is 0 Å². The molecule has 2 rings (SSSR count). The summed E-state index contributed by atoms with van der Waals surface area (Å²) in [7, 11) is 1.63. The first-order valence-corrected chi connectivity index (χ1v) is 8.74. The van der Waals surface area contributed by atoms with Crippen molar-refractivity contribution in [3.63, 3.8) is 0 Å². The summed E-state index contributed by atoms with van der Waals surface area (Å²) in [6, 6.07) is 11.5. The van der Waals surface area contributed by atoms with E-state index in [2.05, 4.69) is 27.8 Å². The van der Waals surface area contributed by atoms with Crippen LogP contribution in [0, 0.1) is 0 Å². The minimum absolute atomic E-state index is 0.647. The summed E-state index contributed by atoms with van der Waals surface area (Å²) in [5.74, 6) is 2.25. The molecule has 0 aliphatic carbocycles. The van der Waals surface area contributed by atoms with E-state index in [0.717, 1.165) is 33.6 Å². The number of rotatable bonds is 8. The zero-order valence-electron chi connectivity index (χ0n) is 14.2. The Morgan fingerprint density at radius 3 is 2.46 bits per heavy atom. The van der Waals surface area contributed by atoms with Crippen LogP contribution in [-0.4, -0.2) is 26.5 Å². The zero-order valence-corrected chi connectivity index (χ0v) is 15.8. The van der Waals surface area contributed by atoms with Crippen molar-refractivity contribution in [3.05, 3.63) is 46.4 Å². The first-order chi connectivity index (χ1) is 11.7. The molecule has 0 saturated carbocycles. The van der Waals surface area contributed by atoms with Crippen LogP contribution in [0.3, 0.4) is 0 Å². The fourth-order valence-electron chi connectivity index (χ4n) is 2.10. The Bertz CT molecular complexity index is 684.